The lowest BCUT2D eigenvalue weighted by atomic mass is 10.0. The van der Waals surface area contributed by atoms with Gasteiger partial charge in [0.25, 0.3) is 0 Å². The smallest absolute Gasteiger partial charge is 0.225 e. The van der Waals surface area contributed by atoms with Crippen molar-refractivity contribution in [3.05, 3.63) is 18.5 Å². The minimum Gasteiger partial charge on any atom is -0.333 e. The molecule has 1 aliphatic rings. The first kappa shape index (κ1) is 9.40. The van der Waals surface area contributed by atoms with E-state index < -0.39 is 0 Å². The Morgan fingerprint density at radius 2 is 2.07 bits per heavy atom. The first-order valence-corrected chi connectivity index (χ1v) is 4.95. The molecule has 2 heterocycles. The lowest BCUT2D eigenvalue weighted by Gasteiger charge is -2.42. The van der Waals surface area contributed by atoms with Gasteiger partial charge in [0.2, 0.25) is 5.95 Å². The molecule has 0 aromatic carbocycles. The molecule has 1 fully saturated rings. The number of hydrogen-bond acceptors (Lipinski definition) is 4. The number of rotatable bonds is 1. The number of hydrogen-bond donors (Lipinski definition) is 1. The Balaban J connectivity index is 2.24. The minimum atomic E-state index is 0.0968. The molecule has 1 aromatic rings. The van der Waals surface area contributed by atoms with Crippen LogP contribution in [0.3, 0.4) is 0 Å². The normalized spacial score (nSPS) is 20.9. The van der Waals surface area contributed by atoms with Gasteiger partial charge < -0.3 is 10.2 Å². The summed E-state index contributed by atoms with van der Waals surface area (Å²) in [6, 6.07) is 1.85. The fourth-order valence-electron chi connectivity index (χ4n) is 1.78. The molecular formula is C10H16N4. The third-order valence-corrected chi connectivity index (χ3v) is 2.59. The van der Waals surface area contributed by atoms with E-state index in [2.05, 4.69) is 34.0 Å². The summed E-state index contributed by atoms with van der Waals surface area (Å²) in [7, 11) is 0. The number of anilines is 1. The van der Waals surface area contributed by atoms with Crippen molar-refractivity contribution in [3.8, 4) is 0 Å². The molecule has 0 aliphatic carbocycles. The Labute approximate surface area is 84.4 Å². The summed E-state index contributed by atoms with van der Waals surface area (Å²) in [6.45, 7) is 7.36. The zero-order valence-corrected chi connectivity index (χ0v) is 8.70. The number of nitrogens with one attached hydrogen (secondary N) is 1. The average Bonchev–Trinajstić information content (AvgIpc) is 2.18. The van der Waals surface area contributed by atoms with E-state index >= 15 is 0 Å². The highest BCUT2D eigenvalue weighted by Gasteiger charge is 2.30. The van der Waals surface area contributed by atoms with E-state index in [0.717, 1.165) is 25.6 Å². The van der Waals surface area contributed by atoms with Crippen LogP contribution in [0, 0.1) is 0 Å². The molecule has 0 unspecified atom stereocenters. The van der Waals surface area contributed by atoms with Gasteiger partial charge in [0.05, 0.1) is 0 Å². The number of aromatic nitrogens is 2. The predicted molar refractivity (Wildman–Crippen MR) is 56.3 cm³/mol. The fourth-order valence-corrected chi connectivity index (χ4v) is 1.78. The van der Waals surface area contributed by atoms with Crippen LogP contribution in [0.15, 0.2) is 18.5 Å². The van der Waals surface area contributed by atoms with E-state index in [-0.39, 0.29) is 5.54 Å². The Hall–Kier alpha value is -1.16. The standard InChI is InChI=1S/C10H16N4/c1-10(2)8-11-6-7-14(10)9-12-4-3-5-13-9/h3-5,11H,6-8H2,1-2H3. The van der Waals surface area contributed by atoms with Crippen LogP contribution in [0.2, 0.25) is 0 Å². The van der Waals surface area contributed by atoms with Gasteiger partial charge in [-0.15, -0.1) is 0 Å². The van der Waals surface area contributed by atoms with E-state index in [4.69, 9.17) is 0 Å². The van der Waals surface area contributed by atoms with Crippen molar-refractivity contribution in [3.63, 3.8) is 0 Å². The average molecular weight is 192 g/mol. The molecule has 76 valence electrons. The Morgan fingerprint density at radius 3 is 2.71 bits per heavy atom. The van der Waals surface area contributed by atoms with Crippen LogP contribution in [-0.2, 0) is 0 Å². The molecular weight excluding hydrogens is 176 g/mol. The maximum Gasteiger partial charge on any atom is 0.225 e. The molecule has 4 heteroatoms. The highest BCUT2D eigenvalue weighted by molar-refractivity contribution is 5.34. The Bertz CT molecular complexity index is 296. The maximum atomic E-state index is 4.29. The van der Waals surface area contributed by atoms with Crippen molar-refractivity contribution in [2.75, 3.05) is 24.5 Å². The van der Waals surface area contributed by atoms with Gasteiger partial charge in [-0.1, -0.05) is 0 Å². The van der Waals surface area contributed by atoms with Crippen LogP contribution >= 0.6 is 0 Å². The Kier molecular flexibility index (Phi) is 2.37. The second-order valence-electron chi connectivity index (χ2n) is 4.19. The van der Waals surface area contributed by atoms with Crippen molar-refractivity contribution in [2.45, 2.75) is 19.4 Å². The summed E-state index contributed by atoms with van der Waals surface area (Å²) in [6.07, 6.45) is 3.58. The molecule has 14 heavy (non-hydrogen) atoms. The zero-order chi connectivity index (χ0) is 10.0. The second kappa shape index (κ2) is 3.53. The van der Waals surface area contributed by atoms with E-state index in [9.17, 15) is 0 Å². The van der Waals surface area contributed by atoms with Crippen LogP contribution in [-0.4, -0.2) is 35.1 Å². The summed E-state index contributed by atoms with van der Waals surface area (Å²) in [5, 5.41) is 3.38. The molecule has 1 aromatic heterocycles. The van der Waals surface area contributed by atoms with Gasteiger partial charge in [-0.2, -0.15) is 0 Å². The molecule has 1 aliphatic heterocycles. The lowest BCUT2D eigenvalue weighted by molar-refractivity contribution is 0.375. The molecule has 2 rings (SSSR count). The van der Waals surface area contributed by atoms with Crippen LogP contribution in [0.5, 0.6) is 0 Å². The first-order chi connectivity index (χ1) is 6.70. The van der Waals surface area contributed by atoms with E-state index in [1.54, 1.807) is 12.4 Å². The summed E-state index contributed by atoms with van der Waals surface area (Å²) in [4.78, 5) is 10.8. The summed E-state index contributed by atoms with van der Waals surface area (Å²) >= 11 is 0. The van der Waals surface area contributed by atoms with Gasteiger partial charge in [0, 0.05) is 37.6 Å². The van der Waals surface area contributed by atoms with Gasteiger partial charge in [-0.25, -0.2) is 9.97 Å². The summed E-state index contributed by atoms with van der Waals surface area (Å²) in [5.41, 5.74) is 0.0968. The van der Waals surface area contributed by atoms with Gasteiger partial charge in [0.1, 0.15) is 0 Å². The van der Waals surface area contributed by atoms with Gasteiger partial charge in [-0.05, 0) is 19.9 Å². The van der Waals surface area contributed by atoms with E-state index in [0.29, 0.717) is 0 Å². The Morgan fingerprint density at radius 1 is 1.36 bits per heavy atom. The lowest BCUT2D eigenvalue weighted by Crippen LogP contribution is -2.58. The molecule has 0 radical (unpaired) electrons. The highest BCUT2D eigenvalue weighted by atomic mass is 15.3. The number of nitrogens with zero attached hydrogens (tertiary/aromatic N) is 3. The SMILES string of the molecule is CC1(C)CNCCN1c1ncccn1. The molecule has 0 saturated carbocycles. The monoisotopic (exact) mass is 192 g/mol. The van der Waals surface area contributed by atoms with Crippen molar-refractivity contribution >= 4 is 5.95 Å². The molecule has 1 saturated heterocycles. The topological polar surface area (TPSA) is 41.0 Å². The van der Waals surface area contributed by atoms with Gasteiger partial charge >= 0.3 is 0 Å². The molecule has 0 atom stereocenters. The largest absolute Gasteiger partial charge is 0.333 e. The van der Waals surface area contributed by atoms with Crippen LogP contribution in [0.25, 0.3) is 0 Å². The molecule has 4 nitrogen and oxygen atoms in total. The van der Waals surface area contributed by atoms with Crippen molar-refractivity contribution in [2.24, 2.45) is 0 Å². The molecule has 0 bridgehead atoms. The van der Waals surface area contributed by atoms with Gasteiger partial charge in [0.15, 0.2) is 0 Å². The van der Waals surface area contributed by atoms with Gasteiger partial charge in [-0.3, -0.25) is 0 Å². The number of piperazine rings is 1. The molecule has 1 N–H and O–H groups in total. The first-order valence-electron chi connectivity index (χ1n) is 4.95. The molecule has 0 amide bonds. The second-order valence-corrected chi connectivity index (χ2v) is 4.19. The quantitative estimate of drug-likeness (QED) is 0.710. The summed E-state index contributed by atoms with van der Waals surface area (Å²) < 4.78 is 0. The maximum absolute atomic E-state index is 4.29. The van der Waals surface area contributed by atoms with Crippen LogP contribution < -0.4 is 10.2 Å². The van der Waals surface area contributed by atoms with Crippen molar-refractivity contribution < 1.29 is 0 Å². The summed E-state index contributed by atoms with van der Waals surface area (Å²) in [5.74, 6) is 0.832. The third kappa shape index (κ3) is 1.70. The van der Waals surface area contributed by atoms with Crippen molar-refractivity contribution in [1.29, 1.82) is 0 Å². The fraction of sp³-hybridized carbons (Fsp3) is 0.600. The minimum absolute atomic E-state index is 0.0968. The third-order valence-electron chi connectivity index (χ3n) is 2.59. The van der Waals surface area contributed by atoms with Crippen LogP contribution in [0.1, 0.15) is 13.8 Å². The van der Waals surface area contributed by atoms with Crippen LogP contribution in [0.4, 0.5) is 5.95 Å². The molecule has 0 spiro atoms. The van der Waals surface area contributed by atoms with Crippen molar-refractivity contribution in [1.82, 2.24) is 15.3 Å². The highest BCUT2D eigenvalue weighted by Crippen LogP contribution is 2.20. The van der Waals surface area contributed by atoms with E-state index in [1.165, 1.54) is 0 Å². The van der Waals surface area contributed by atoms with E-state index in [1.807, 2.05) is 6.07 Å². The predicted octanol–water partition coefficient (Wildman–Crippen LogP) is 0.665. The zero-order valence-electron chi connectivity index (χ0n) is 8.70.